The van der Waals surface area contributed by atoms with E-state index in [0.717, 1.165) is 43.3 Å². The molecule has 9 nitrogen and oxygen atoms in total. The van der Waals surface area contributed by atoms with Crippen molar-refractivity contribution in [1.82, 2.24) is 0 Å². The van der Waals surface area contributed by atoms with Crippen molar-refractivity contribution in [2.24, 2.45) is 0 Å². The third-order valence-corrected chi connectivity index (χ3v) is 6.29. The molecule has 0 fully saturated rings. The molecule has 17 heteroatoms. The van der Waals surface area contributed by atoms with Gasteiger partial charge < -0.3 is 28.9 Å². The normalized spacial score (nSPS) is 13.8. The minimum absolute atomic E-state index is 0. The maximum absolute atomic E-state index is 13.2. The van der Waals surface area contributed by atoms with Gasteiger partial charge in [-0.2, -0.15) is 18.4 Å². The SMILES string of the molecule is C[C@@](CS(=O)c1ccc(F)cc1)(OCOP(=O)([O-])[O-])C(=O)Nc1ccc(C#N)c(C(F)(F)F)c1.[Na+].[Na+]. The molecule has 0 radical (unpaired) electrons. The molecular formula is C19H15F4N2Na2O7PS. The van der Waals surface area contributed by atoms with Crippen LogP contribution in [0.2, 0.25) is 0 Å². The summed E-state index contributed by atoms with van der Waals surface area (Å²) in [5.74, 6) is -2.48. The van der Waals surface area contributed by atoms with Crippen LogP contribution in [0.1, 0.15) is 18.1 Å². The first-order valence-electron chi connectivity index (χ1n) is 9.02. The Labute approximate surface area is 249 Å². The van der Waals surface area contributed by atoms with E-state index in [0.29, 0.717) is 6.07 Å². The number of halogens is 4. The fraction of sp³-hybridized carbons (Fsp3) is 0.263. The average Bonchev–Trinajstić information content (AvgIpc) is 2.72. The summed E-state index contributed by atoms with van der Waals surface area (Å²) in [4.78, 5) is 34.3. The quantitative estimate of drug-likeness (QED) is 0.139. The van der Waals surface area contributed by atoms with Gasteiger partial charge in [0.1, 0.15) is 5.82 Å². The van der Waals surface area contributed by atoms with Gasteiger partial charge in [-0.1, -0.05) is 0 Å². The molecule has 1 N–H and O–H groups in total. The molecule has 0 saturated carbocycles. The Hall–Kier alpha value is -0.660. The van der Waals surface area contributed by atoms with E-state index in [1.54, 1.807) is 0 Å². The first-order valence-corrected chi connectivity index (χ1v) is 11.8. The van der Waals surface area contributed by atoms with Crippen LogP contribution in [0.3, 0.4) is 0 Å². The molecule has 0 heterocycles. The predicted molar refractivity (Wildman–Crippen MR) is 106 cm³/mol. The van der Waals surface area contributed by atoms with Gasteiger partial charge in [0.25, 0.3) is 5.91 Å². The molecule has 2 aromatic rings. The zero-order valence-electron chi connectivity index (χ0n) is 19.1. The number of carbonyl (C=O) groups is 1. The Morgan fingerprint density at radius 3 is 2.25 bits per heavy atom. The van der Waals surface area contributed by atoms with Crippen LogP contribution in [-0.4, -0.2) is 28.3 Å². The molecule has 2 aromatic carbocycles. The number of amides is 1. The summed E-state index contributed by atoms with van der Waals surface area (Å²) in [6.07, 6.45) is -4.91. The summed E-state index contributed by atoms with van der Waals surface area (Å²) >= 11 is 0. The maximum atomic E-state index is 13.2. The number of phosphoric ester groups is 1. The number of nitrogens with zero attached hydrogens (tertiary/aromatic N) is 1. The molecule has 2 atom stereocenters. The molecule has 0 aliphatic rings. The standard InChI is InChI=1S/C19H17F4N2O7PS.2Na/c1-18(31-11-32-33(27,28)29,10-34(30)15-6-3-13(20)4-7-15)17(26)25-14-5-2-12(9-24)16(8-14)19(21,22)23;;/h2-8H,10-11H2,1H3,(H,25,26)(H2,27,28,29);;/q;2*+1/p-2/t18-,34?;;/m0../s1. The number of rotatable bonds is 9. The topological polar surface area (TPSA) is 152 Å². The van der Waals surface area contributed by atoms with Crippen molar-refractivity contribution in [2.45, 2.75) is 23.6 Å². The van der Waals surface area contributed by atoms with Gasteiger partial charge in [0, 0.05) is 10.6 Å². The van der Waals surface area contributed by atoms with Crippen molar-refractivity contribution in [1.29, 1.82) is 5.26 Å². The molecule has 1 amide bonds. The van der Waals surface area contributed by atoms with Crippen molar-refractivity contribution in [2.75, 3.05) is 17.9 Å². The van der Waals surface area contributed by atoms with Crippen molar-refractivity contribution < 1.29 is 109 Å². The van der Waals surface area contributed by atoms with Crippen LogP contribution in [0.4, 0.5) is 23.2 Å². The molecule has 1 unspecified atom stereocenters. The van der Waals surface area contributed by atoms with E-state index in [9.17, 15) is 40.9 Å². The number of phosphoric acid groups is 1. The average molecular weight is 568 g/mol. The Balaban J connectivity index is 0.00000612. The molecule has 0 spiro atoms. The van der Waals surface area contributed by atoms with Gasteiger partial charge in [0.2, 0.25) is 0 Å². The van der Waals surface area contributed by atoms with E-state index in [4.69, 9.17) is 10.00 Å². The number of ether oxygens (including phenoxy) is 1. The Morgan fingerprint density at radius 2 is 1.75 bits per heavy atom. The van der Waals surface area contributed by atoms with Crippen LogP contribution in [0.15, 0.2) is 47.4 Å². The van der Waals surface area contributed by atoms with Crippen LogP contribution in [0.5, 0.6) is 0 Å². The van der Waals surface area contributed by atoms with Gasteiger partial charge in [-0.3, -0.25) is 9.00 Å². The minimum Gasteiger partial charge on any atom is -0.790 e. The second-order valence-corrected chi connectivity index (χ2v) is 9.44. The summed E-state index contributed by atoms with van der Waals surface area (Å²) in [7, 11) is -7.55. The number of carbonyl (C=O) groups excluding carboxylic acids is 1. The number of benzene rings is 2. The number of hydrogen-bond acceptors (Lipinski definition) is 8. The van der Waals surface area contributed by atoms with Gasteiger partial charge in [0.05, 0.1) is 41.6 Å². The Kier molecular flexibility index (Phi) is 14.2. The van der Waals surface area contributed by atoms with E-state index < -0.39 is 71.5 Å². The monoisotopic (exact) mass is 568 g/mol. The third-order valence-electron chi connectivity index (χ3n) is 4.25. The summed E-state index contributed by atoms with van der Waals surface area (Å²) < 4.78 is 85.1. The summed E-state index contributed by atoms with van der Waals surface area (Å²) in [6, 6.07) is 7.99. The molecule has 0 bridgehead atoms. The minimum atomic E-state index is -5.51. The summed E-state index contributed by atoms with van der Waals surface area (Å²) in [5, 5.41) is 11.0. The zero-order chi connectivity index (χ0) is 25.7. The molecule has 0 aliphatic carbocycles. The van der Waals surface area contributed by atoms with Crippen LogP contribution < -0.4 is 74.2 Å². The fourth-order valence-electron chi connectivity index (χ4n) is 2.53. The van der Waals surface area contributed by atoms with Crippen molar-refractivity contribution in [3.05, 3.63) is 59.4 Å². The first-order chi connectivity index (χ1) is 15.6. The maximum Gasteiger partial charge on any atom is 1.00 e. The van der Waals surface area contributed by atoms with Crippen LogP contribution >= 0.6 is 7.82 Å². The molecule has 36 heavy (non-hydrogen) atoms. The van der Waals surface area contributed by atoms with Crippen molar-refractivity contribution in [3.63, 3.8) is 0 Å². The second kappa shape index (κ2) is 14.5. The van der Waals surface area contributed by atoms with Gasteiger partial charge in [-0.15, -0.1) is 0 Å². The third kappa shape index (κ3) is 10.6. The Morgan fingerprint density at radius 1 is 1.17 bits per heavy atom. The van der Waals surface area contributed by atoms with E-state index in [-0.39, 0.29) is 64.0 Å². The first kappa shape index (κ1) is 35.3. The molecule has 0 aliphatic heterocycles. The van der Waals surface area contributed by atoms with E-state index in [1.807, 2.05) is 0 Å². The zero-order valence-corrected chi connectivity index (χ0v) is 24.8. The van der Waals surface area contributed by atoms with Crippen molar-refractivity contribution in [3.8, 4) is 6.07 Å². The Bertz CT molecular complexity index is 1180. The van der Waals surface area contributed by atoms with Gasteiger partial charge in [0.15, 0.2) is 12.4 Å². The number of nitrogens with one attached hydrogen (secondary N) is 1. The second-order valence-electron chi connectivity index (χ2n) is 6.84. The van der Waals surface area contributed by atoms with E-state index in [2.05, 4.69) is 9.84 Å². The van der Waals surface area contributed by atoms with Crippen LogP contribution in [0.25, 0.3) is 0 Å². The van der Waals surface area contributed by atoms with Gasteiger partial charge >= 0.3 is 65.3 Å². The van der Waals surface area contributed by atoms with Crippen molar-refractivity contribution >= 4 is 30.2 Å². The number of hydrogen-bond donors (Lipinski definition) is 1. The number of alkyl halides is 3. The van der Waals surface area contributed by atoms with Gasteiger partial charge in [-0.05, 0) is 49.4 Å². The smallest absolute Gasteiger partial charge is 0.790 e. The summed E-state index contributed by atoms with van der Waals surface area (Å²) in [5.41, 5.74) is -4.62. The molecule has 0 aromatic heterocycles. The molecule has 0 saturated heterocycles. The largest absolute Gasteiger partial charge is 1.00 e. The fourth-order valence-corrected chi connectivity index (χ4v) is 4.03. The number of anilines is 1. The molecule has 184 valence electrons. The van der Waals surface area contributed by atoms with Crippen LogP contribution in [-0.2, 0) is 35.6 Å². The molecular weight excluding hydrogens is 553 g/mol. The predicted octanol–water partition coefficient (Wildman–Crippen LogP) is -3.95. The summed E-state index contributed by atoms with van der Waals surface area (Å²) in [6.45, 7) is -0.224. The van der Waals surface area contributed by atoms with Gasteiger partial charge in [-0.25, -0.2) is 4.39 Å². The van der Waals surface area contributed by atoms with Crippen LogP contribution in [0, 0.1) is 17.1 Å². The number of nitriles is 1. The van der Waals surface area contributed by atoms with E-state index >= 15 is 0 Å². The van der Waals surface area contributed by atoms with E-state index in [1.165, 1.54) is 6.07 Å². The molecule has 2 rings (SSSR count).